The van der Waals surface area contributed by atoms with Crippen LogP contribution < -0.4 is 4.90 Å². The van der Waals surface area contributed by atoms with Crippen LogP contribution in [0.4, 0.5) is 17.1 Å². The highest BCUT2D eigenvalue weighted by atomic mass is 32.2. The predicted molar refractivity (Wildman–Crippen MR) is 142 cm³/mol. The highest BCUT2D eigenvalue weighted by Gasteiger charge is 2.39. The number of aliphatic imine (C=N–C) groups is 1. The molecule has 35 heavy (non-hydrogen) atoms. The molecular weight excluding hydrogens is 480 g/mol. The van der Waals surface area contributed by atoms with Gasteiger partial charge in [-0.2, -0.15) is 0 Å². The SMILES string of the molecule is CCN1C(=C2SC(=Nc3cc([N+](=O)[O-])ccc3C)N(Cc3ccccc3)C2=O)Sc2ccccc21. The molecule has 0 aromatic heterocycles. The number of amides is 1. The average molecular weight is 503 g/mol. The number of hydrogen-bond donors (Lipinski definition) is 0. The fraction of sp³-hybridized carbons (Fsp3) is 0.154. The van der Waals surface area contributed by atoms with Crippen molar-refractivity contribution in [2.75, 3.05) is 11.4 Å². The molecule has 1 saturated heterocycles. The largest absolute Gasteiger partial charge is 0.334 e. The van der Waals surface area contributed by atoms with E-state index in [-0.39, 0.29) is 11.6 Å². The number of nitrogens with zero attached hydrogens (tertiary/aromatic N) is 4. The Hall–Kier alpha value is -3.56. The number of non-ortho nitro benzene ring substituents is 1. The maximum atomic E-state index is 13.8. The van der Waals surface area contributed by atoms with Crippen molar-refractivity contribution < 1.29 is 9.72 Å². The van der Waals surface area contributed by atoms with Crippen molar-refractivity contribution in [1.82, 2.24) is 4.90 Å². The fourth-order valence-corrected chi connectivity index (χ4v) is 6.36. The zero-order valence-corrected chi connectivity index (χ0v) is 20.8. The third kappa shape index (κ3) is 4.44. The van der Waals surface area contributed by atoms with Gasteiger partial charge in [0.25, 0.3) is 11.6 Å². The number of nitro groups is 1. The molecule has 0 radical (unpaired) electrons. The highest BCUT2D eigenvalue weighted by Crippen LogP contribution is 2.50. The van der Waals surface area contributed by atoms with Crippen molar-refractivity contribution in [3.05, 3.63) is 104 Å². The molecule has 7 nitrogen and oxygen atoms in total. The molecule has 0 bridgehead atoms. The number of carbonyl (C=O) groups excluding carboxylic acids is 1. The number of hydrogen-bond acceptors (Lipinski definition) is 7. The summed E-state index contributed by atoms with van der Waals surface area (Å²) < 4.78 is 0. The van der Waals surface area contributed by atoms with Gasteiger partial charge in [-0.05, 0) is 48.9 Å². The molecule has 0 spiro atoms. The topological polar surface area (TPSA) is 79.0 Å². The summed E-state index contributed by atoms with van der Waals surface area (Å²) in [4.78, 5) is 35.0. The number of fused-ring (bicyclic) bond motifs is 1. The van der Waals surface area contributed by atoms with Crippen LogP contribution >= 0.6 is 23.5 Å². The second-order valence-corrected chi connectivity index (χ2v) is 10.1. The van der Waals surface area contributed by atoms with Gasteiger partial charge in [0, 0.05) is 23.6 Å². The Morgan fingerprint density at radius 3 is 2.46 bits per heavy atom. The second-order valence-electron chi connectivity index (χ2n) is 8.05. The van der Waals surface area contributed by atoms with Crippen LogP contribution in [0.3, 0.4) is 0 Å². The van der Waals surface area contributed by atoms with Gasteiger partial charge in [-0.25, -0.2) is 4.99 Å². The lowest BCUT2D eigenvalue weighted by Crippen LogP contribution is -2.29. The van der Waals surface area contributed by atoms with E-state index in [1.54, 1.807) is 22.7 Å². The number of thioether (sulfide) groups is 2. The van der Waals surface area contributed by atoms with Gasteiger partial charge >= 0.3 is 0 Å². The first-order valence-electron chi connectivity index (χ1n) is 11.1. The van der Waals surface area contributed by atoms with E-state index in [9.17, 15) is 14.9 Å². The zero-order valence-electron chi connectivity index (χ0n) is 19.2. The maximum absolute atomic E-state index is 13.8. The molecule has 1 fully saturated rings. The van der Waals surface area contributed by atoms with Crippen LogP contribution in [-0.2, 0) is 11.3 Å². The minimum atomic E-state index is -0.434. The molecule has 176 valence electrons. The van der Waals surface area contributed by atoms with Crippen molar-refractivity contribution in [3.63, 3.8) is 0 Å². The summed E-state index contributed by atoms with van der Waals surface area (Å²) in [7, 11) is 0. The first-order valence-corrected chi connectivity index (χ1v) is 12.8. The molecule has 0 aliphatic carbocycles. The molecule has 9 heteroatoms. The molecule has 3 aromatic rings. The Kier molecular flexibility index (Phi) is 6.36. The van der Waals surface area contributed by atoms with Crippen LogP contribution in [0.15, 0.2) is 92.6 Å². The van der Waals surface area contributed by atoms with Crippen molar-refractivity contribution in [3.8, 4) is 0 Å². The lowest BCUT2D eigenvalue weighted by molar-refractivity contribution is -0.384. The summed E-state index contributed by atoms with van der Waals surface area (Å²) in [6, 6.07) is 22.5. The van der Waals surface area contributed by atoms with Crippen LogP contribution in [0.25, 0.3) is 0 Å². The molecule has 0 N–H and O–H groups in total. The number of para-hydroxylation sites is 1. The molecule has 2 aliphatic heterocycles. The van der Waals surface area contributed by atoms with E-state index in [1.807, 2.05) is 49.4 Å². The number of benzene rings is 3. The van der Waals surface area contributed by atoms with E-state index >= 15 is 0 Å². The van der Waals surface area contributed by atoms with Gasteiger partial charge in [-0.3, -0.25) is 19.8 Å². The average Bonchev–Trinajstić information content (AvgIpc) is 3.38. The summed E-state index contributed by atoms with van der Waals surface area (Å²) >= 11 is 2.91. The smallest absolute Gasteiger partial charge is 0.271 e. The molecule has 2 heterocycles. The summed E-state index contributed by atoms with van der Waals surface area (Å²) in [6.45, 7) is 5.01. The van der Waals surface area contributed by atoms with Crippen LogP contribution in [-0.4, -0.2) is 27.4 Å². The molecule has 0 saturated carbocycles. The summed E-state index contributed by atoms with van der Waals surface area (Å²) in [5, 5.41) is 12.7. The Bertz CT molecular complexity index is 1390. The van der Waals surface area contributed by atoms with E-state index < -0.39 is 4.92 Å². The minimum Gasteiger partial charge on any atom is -0.334 e. The number of nitro benzene ring substituents is 1. The van der Waals surface area contributed by atoms with Gasteiger partial charge < -0.3 is 4.90 Å². The standard InChI is InChI=1S/C26H22N4O3S2/c1-3-28-21-11-7-8-12-22(21)34-25(28)23-24(31)29(16-18-9-5-4-6-10-18)26(35-23)27-20-15-19(30(32)33)14-13-17(20)2/h4-15H,3,16H2,1-2H3. The number of aryl methyl sites for hydroxylation is 1. The molecule has 0 atom stereocenters. The van der Waals surface area contributed by atoms with Gasteiger partial charge in [0.1, 0.15) is 9.93 Å². The Labute approximate surface area is 211 Å². The second kappa shape index (κ2) is 9.59. The van der Waals surface area contributed by atoms with Crippen molar-refractivity contribution in [1.29, 1.82) is 0 Å². The Balaban J connectivity index is 1.60. The molecule has 2 aliphatic rings. The molecule has 3 aromatic carbocycles. The van der Waals surface area contributed by atoms with Crippen LogP contribution in [0.5, 0.6) is 0 Å². The van der Waals surface area contributed by atoms with Gasteiger partial charge in [0.05, 0.1) is 22.8 Å². The van der Waals surface area contributed by atoms with Gasteiger partial charge in [-0.15, -0.1) is 0 Å². The Morgan fingerprint density at radius 2 is 1.71 bits per heavy atom. The number of carbonyl (C=O) groups is 1. The first-order chi connectivity index (χ1) is 17.0. The van der Waals surface area contributed by atoms with Crippen molar-refractivity contribution >= 4 is 51.7 Å². The van der Waals surface area contributed by atoms with E-state index in [2.05, 4.69) is 24.0 Å². The van der Waals surface area contributed by atoms with E-state index in [1.165, 1.54) is 23.9 Å². The quantitative estimate of drug-likeness (QED) is 0.226. The molecular formula is C26H22N4O3S2. The number of rotatable bonds is 5. The summed E-state index contributed by atoms with van der Waals surface area (Å²) in [5.41, 5.74) is 3.32. The first kappa shape index (κ1) is 23.2. The lowest BCUT2D eigenvalue weighted by atomic mass is 10.2. The number of amidine groups is 1. The molecule has 0 unspecified atom stereocenters. The predicted octanol–water partition coefficient (Wildman–Crippen LogP) is 6.47. The lowest BCUT2D eigenvalue weighted by Gasteiger charge is -2.19. The van der Waals surface area contributed by atoms with E-state index in [4.69, 9.17) is 4.99 Å². The third-order valence-corrected chi connectivity index (χ3v) is 8.16. The fourth-order valence-electron chi connectivity index (χ4n) is 3.98. The van der Waals surface area contributed by atoms with Crippen LogP contribution in [0, 0.1) is 17.0 Å². The van der Waals surface area contributed by atoms with Crippen LogP contribution in [0.2, 0.25) is 0 Å². The van der Waals surface area contributed by atoms with Gasteiger partial charge in [0.15, 0.2) is 5.17 Å². The zero-order chi connectivity index (χ0) is 24.5. The van der Waals surface area contributed by atoms with E-state index in [0.717, 1.165) is 33.3 Å². The normalized spacial score (nSPS) is 18.5. The molecule has 1 amide bonds. The van der Waals surface area contributed by atoms with E-state index in [0.29, 0.717) is 22.3 Å². The van der Waals surface area contributed by atoms with Crippen LogP contribution in [0.1, 0.15) is 18.1 Å². The summed E-state index contributed by atoms with van der Waals surface area (Å²) in [6.07, 6.45) is 0. The van der Waals surface area contributed by atoms with Gasteiger partial charge in [0.2, 0.25) is 0 Å². The monoisotopic (exact) mass is 502 g/mol. The summed E-state index contributed by atoms with van der Waals surface area (Å²) in [5.74, 6) is -0.116. The van der Waals surface area contributed by atoms with Gasteiger partial charge in [-0.1, -0.05) is 60.3 Å². The number of anilines is 1. The highest BCUT2D eigenvalue weighted by molar-refractivity contribution is 8.19. The molecule has 5 rings (SSSR count). The Morgan fingerprint density at radius 1 is 0.971 bits per heavy atom. The maximum Gasteiger partial charge on any atom is 0.271 e. The van der Waals surface area contributed by atoms with Crippen molar-refractivity contribution in [2.45, 2.75) is 25.3 Å². The van der Waals surface area contributed by atoms with Crippen molar-refractivity contribution in [2.24, 2.45) is 4.99 Å². The minimum absolute atomic E-state index is 0.0311. The third-order valence-electron chi connectivity index (χ3n) is 5.79.